The molecule has 0 radical (unpaired) electrons. The van der Waals surface area contributed by atoms with Gasteiger partial charge in [-0.3, -0.25) is 0 Å². The Kier molecular flexibility index (Phi) is 2.65. The van der Waals surface area contributed by atoms with Crippen LogP contribution in [-0.4, -0.2) is 16.7 Å². The van der Waals surface area contributed by atoms with Crippen molar-refractivity contribution in [3.05, 3.63) is 28.5 Å². The second-order valence-electron chi connectivity index (χ2n) is 2.82. The summed E-state index contributed by atoms with van der Waals surface area (Å²) < 4.78 is 7.93. The highest BCUT2D eigenvalue weighted by atomic mass is 79.9. The molecular formula is C9H8BrClN2O. The van der Waals surface area contributed by atoms with Gasteiger partial charge in [0.15, 0.2) is 0 Å². The first-order valence-electron chi connectivity index (χ1n) is 4.02. The quantitative estimate of drug-likeness (QED) is 0.788. The van der Waals surface area contributed by atoms with E-state index in [0.29, 0.717) is 5.88 Å². The molecule has 2 aromatic rings. The highest BCUT2D eigenvalue weighted by Gasteiger charge is 2.09. The summed E-state index contributed by atoms with van der Waals surface area (Å²) in [6.45, 7) is 0. The monoisotopic (exact) mass is 274 g/mol. The SMILES string of the molecule is COc1cc(Br)cn2ncc(CCl)c12. The third-order valence-corrected chi connectivity index (χ3v) is 2.70. The van der Waals surface area contributed by atoms with Crippen LogP contribution < -0.4 is 4.74 Å². The molecule has 0 amide bonds. The van der Waals surface area contributed by atoms with Crippen LogP contribution >= 0.6 is 27.5 Å². The van der Waals surface area contributed by atoms with Crippen molar-refractivity contribution in [3.63, 3.8) is 0 Å². The van der Waals surface area contributed by atoms with E-state index in [-0.39, 0.29) is 0 Å². The predicted octanol–water partition coefficient (Wildman–Crippen LogP) is 2.84. The highest BCUT2D eigenvalue weighted by Crippen LogP contribution is 2.27. The van der Waals surface area contributed by atoms with E-state index in [1.807, 2.05) is 12.3 Å². The van der Waals surface area contributed by atoms with Crippen LogP contribution in [0.3, 0.4) is 0 Å². The van der Waals surface area contributed by atoms with Crippen molar-refractivity contribution in [1.29, 1.82) is 0 Å². The first-order valence-corrected chi connectivity index (χ1v) is 5.34. The van der Waals surface area contributed by atoms with Crippen LogP contribution in [0.4, 0.5) is 0 Å². The standard InChI is InChI=1S/C9H8BrClN2O/c1-14-8-2-7(10)5-13-9(8)6(3-11)4-12-13/h2,4-5H,3H2,1H3. The van der Waals surface area contributed by atoms with Crippen LogP contribution in [0.5, 0.6) is 5.75 Å². The van der Waals surface area contributed by atoms with Crippen LogP contribution in [0, 0.1) is 0 Å². The summed E-state index contributed by atoms with van der Waals surface area (Å²) in [5, 5.41) is 4.18. The Morgan fingerprint density at radius 1 is 1.64 bits per heavy atom. The van der Waals surface area contributed by atoms with Gasteiger partial charge in [0.1, 0.15) is 11.3 Å². The molecule has 5 heteroatoms. The lowest BCUT2D eigenvalue weighted by Gasteiger charge is -2.04. The van der Waals surface area contributed by atoms with Crippen molar-refractivity contribution in [1.82, 2.24) is 9.61 Å². The van der Waals surface area contributed by atoms with Crippen molar-refractivity contribution >= 4 is 33.0 Å². The number of pyridine rings is 1. The zero-order chi connectivity index (χ0) is 10.1. The molecule has 0 saturated heterocycles. The summed E-state index contributed by atoms with van der Waals surface area (Å²) in [5.74, 6) is 1.20. The van der Waals surface area contributed by atoms with Crippen LogP contribution in [0.1, 0.15) is 5.56 Å². The van der Waals surface area contributed by atoms with Gasteiger partial charge < -0.3 is 4.74 Å². The van der Waals surface area contributed by atoms with E-state index in [1.54, 1.807) is 17.8 Å². The van der Waals surface area contributed by atoms with Gasteiger partial charge >= 0.3 is 0 Å². The molecule has 0 aliphatic rings. The number of hydrogen-bond acceptors (Lipinski definition) is 2. The smallest absolute Gasteiger partial charge is 0.146 e. The van der Waals surface area contributed by atoms with Gasteiger partial charge in [0, 0.05) is 16.2 Å². The first kappa shape index (κ1) is 9.80. The van der Waals surface area contributed by atoms with E-state index < -0.39 is 0 Å². The fourth-order valence-corrected chi connectivity index (χ4v) is 1.97. The molecule has 2 heterocycles. The highest BCUT2D eigenvalue weighted by molar-refractivity contribution is 9.10. The molecule has 0 saturated carbocycles. The lowest BCUT2D eigenvalue weighted by atomic mass is 10.3. The third kappa shape index (κ3) is 1.48. The summed E-state index contributed by atoms with van der Waals surface area (Å²) in [6, 6.07) is 1.90. The summed E-state index contributed by atoms with van der Waals surface area (Å²) >= 11 is 9.18. The number of aromatic nitrogens is 2. The van der Waals surface area contributed by atoms with Gasteiger partial charge in [0.25, 0.3) is 0 Å². The Balaban J connectivity index is 2.78. The maximum absolute atomic E-state index is 5.80. The Hall–Kier alpha value is -0.740. The van der Waals surface area contributed by atoms with Gasteiger partial charge in [-0.05, 0) is 22.0 Å². The predicted molar refractivity (Wildman–Crippen MR) is 59.0 cm³/mol. The van der Waals surface area contributed by atoms with Crippen molar-refractivity contribution in [2.24, 2.45) is 0 Å². The van der Waals surface area contributed by atoms with Crippen molar-refractivity contribution < 1.29 is 4.74 Å². The number of nitrogens with zero attached hydrogens (tertiary/aromatic N) is 2. The van der Waals surface area contributed by atoms with Gasteiger partial charge in [-0.25, -0.2) is 4.52 Å². The molecule has 2 rings (SSSR count). The second-order valence-corrected chi connectivity index (χ2v) is 4.01. The van der Waals surface area contributed by atoms with E-state index >= 15 is 0 Å². The molecule has 0 bridgehead atoms. The van der Waals surface area contributed by atoms with Gasteiger partial charge in [0.05, 0.1) is 19.2 Å². The molecule has 14 heavy (non-hydrogen) atoms. The fourth-order valence-electron chi connectivity index (χ4n) is 1.37. The maximum Gasteiger partial charge on any atom is 0.146 e. The molecule has 0 N–H and O–H groups in total. The average Bonchev–Trinajstić information content (AvgIpc) is 2.59. The number of rotatable bonds is 2. The number of halogens is 2. The van der Waals surface area contributed by atoms with E-state index in [2.05, 4.69) is 21.0 Å². The normalized spacial score (nSPS) is 10.8. The maximum atomic E-state index is 5.80. The van der Waals surface area contributed by atoms with Crippen LogP contribution in [0.2, 0.25) is 0 Å². The van der Waals surface area contributed by atoms with Crippen molar-refractivity contribution in [2.75, 3.05) is 7.11 Å². The molecule has 0 aliphatic heterocycles. The third-order valence-electron chi connectivity index (χ3n) is 1.98. The summed E-state index contributed by atoms with van der Waals surface area (Å²) in [6.07, 6.45) is 3.62. The zero-order valence-corrected chi connectivity index (χ0v) is 9.84. The Morgan fingerprint density at radius 2 is 2.43 bits per heavy atom. The van der Waals surface area contributed by atoms with Crippen LogP contribution in [0.15, 0.2) is 22.9 Å². The summed E-state index contributed by atoms with van der Waals surface area (Å²) in [4.78, 5) is 0. The molecule has 74 valence electrons. The molecule has 0 aliphatic carbocycles. The van der Waals surface area contributed by atoms with Crippen LogP contribution in [0.25, 0.3) is 5.52 Å². The summed E-state index contributed by atoms with van der Waals surface area (Å²) in [7, 11) is 1.63. The topological polar surface area (TPSA) is 26.5 Å². The molecule has 0 unspecified atom stereocenters. The minimum Gasteiger partial charge on any atom is -0.494 e. The van der Waals surface area contributed by atoms with E-state index in [1.165, 1.54) is 0 Å². The number of ether oxygens (including phenoxy) is 1. The van der Waals surface area contributed by atoms with Gasteiger partial charge in [-0.1, -0.05) is 0 Å². The van der Waals surface area contributed by atoms with Gasteiger partial charge in [-0.2, -0.15) is 5.10 Å². The van der Waals surface area contributed by atoms with Crippen molar-refractivity contribution in [2.45, 2.75) is 5.88 Å². The Labute approximate surface area is 94.8 Å². The van der Waals surface area contributed by atoms with E-state index in [4.69, 9.17) is 16.3 Å². The molecule has 2 aromatic heterocycles. The summed E-state index contributed by atoms with van der Waals surface area (Å²) in [5.41, 5.74) is 1.89. The largest absolute Gasteiger partial charge is 0.494 e. The lowest BCUT2D eigenvalue weighted by Crippen LogP contribution is -1.92. The number of fused-ring (bicyclic) bond motifs is 1. The minimum atomic E-state index is 0.432. The molecule has 0 atom stereocenters. The molecular weight excluding hydrogens is 267 g/mol. The van der Waals surface area contributed by atoms with Crippen molar-refractivity contribution in [3.8, 4) is 5.75 Å². The fraction of sp³-hybridized carbons (Fsp3) is 0.222. The van der Waals surface area contributed by atoms with Gasteiger partial charge in [0.2, 0.25) is 0 Å². The minimum absolute atomic E-state index is 0.432. The van der Waals surface area contributed by atoms with E-state index in [9.17, 15) is 0 Å². The molecule has 0 fully saturated rings. The molecule has 0 spiro atoms. The first-order chi connectivity index (χ1) is 6.76. The number of alkyl halides is 1. The lowest BCUT2D eigenvalue weighted by molar-refractivity contribution is 0.417. The van der Waals surface area contributed by atoms with E-state index in [0.717, 1.165) is 21.3 Å². The molecule has 0 aromatic carbocycles. The average molecular weight is 276 g/mol. The number of methoxy groups -OCH3 is 1. The number of hydrogen-bond donors (Lipinski definition) is 0. The zero-order valence-electron chi connectivity index (χ0n) is 7.50. The second kappa shape index (κ2) is 3.79. The van der Waals surface area contributed by atoms with Gasteiger partial charge in [-0.15, -0.1) is 11.6 Å². The molecule has 3 nitrogen and oxygen atoms in total. The van der Waals surface area contributed by atoms with Crippen LogP contribution in [-0.2, 0) is 5.88 Å². The Bertz CT molecular complexity index is 469. The Morgan fingerprint density at radius 3 is 3.07 bits per heavy atom.